The van der Waals surface area contributed by atoms with Crippen LogP contribution in [-0.2, 0) is 29.8 Å². The molecule has 4 amide bonds. The maximum absolute atomic E-state index is 16.7. The molecule has 3 aliphatic carbocycles. The van der Waals surface area contributed by atoms with Crippen molar-refractivity contribution in [3.63, 3.8) is 0 Å². The largest absolute Gasteiger partial charge is 0.453 e. The number of carbonyl (C=O) groups is 5. The van der Waals surface area contributed by atoms with Crippen LogP contribution in [0.2, 0.25) is 0 Å². The van der Waals surface area contributed by atoms with Gasteiger partial charge in [0.25, 0.3) is 5.92 Å². The van der Waals surface area contributed by atoms with Gasteiger partial charge in [-0.15, -0.1) is 0 Å². The Morgan fingerprint density at radius 1 is 0.768 bits per heavy atom. The number of aromatic nitrogens is 4. The van der Waals surface area contributed by atoms with Crippen LogP contribution >= 0.6 is 0 Å². The lowest BCUT2D eigenvalue weighted by Crippen LogP contribution is -2.54. The fraction of sp³-hybridized carbons (Fsp3) is 0.481. The fourth-order valence-corrected chi connectivity index (χ4v) is 11.0. The molecule has 5 aromatic rings. The van der Waals surface area contributed by atoms with Crippen molar-refractivity contribution < 1.29 is 42.2 Å². The number of methoxy groups -OCH3 is 2. The van der Waals surface area contributed by atoms with E-state index in [0.29, 0.717) is 51.7 Å². The van der Waals surface area contributed by atoms with Gasteiger partial charge >= 0.3 is 12.2 Å². The number of fused-ring (bicyclic) bond motifs is 6. The number of hydrogen-bond acceptors (Lipinski definition) is 9. The molecular weight excluding hydrogens is 887 g/mol. The number of alkyl carbamates (subject to hydrolysis) is 2. The highest BCUT2D eigenvalue weighted by Gasteiger charge is 2.56. The van der Waals surface area contributed by atoms with Crippen molar-refractivity contribution in [1.29, 1.82) is 0 Å². The number of aromatic amines is 2. The SMILES string of the molecule is CC(C)=O.COC(=O)N[C@H](C(=O)N1CC2(CC2)C[C@H]1c1ncc(-c2ccc3c(c2)C(F)(F)c2cc(-c4ccc5nc([C@@H]6[C@@H]7CC[C@H](C7)N6C(=O)[C@@H](NC(=O)OC)C(C)C)[nH]c5c4)ccc2-3)[nH]1)C(C)C. The number of alkyl halides is 2. The van der Waals surface area contributed by atoms with E-state index in [1.165, 1.54) is 34.1 Å². The average Bonchev–Trinajstić information content (AvgIpc) is 3.98. The number of amides is 4. The van der Waals surface area contributed by atoms with Gasteiger partial charge in [-0.1, -0.05) is 58.0 Å². The quantitative estimate of drug-likeness (QED) is 0.106. The van der Waals surface area contributed by atoms with Crippen molar-refractivity contribution >= 4 is 40.8 Å². The van der Waals surface area contributed by atoms with Crippen molar-refractivity contribution in [2.75, 3.05) is 20.8 Å². The first-order valence-electron chi connectivity index (χ1n) is 23.8. The van der Waals surface area contributed by atoms with Gasteiger partial charge in [-0.2, -0.15) is 8.78 Å². The Morgan fingerprint density at radius 2 is 1.35 bits per heavy atom. The minimum Gasteiger partial charge on any atom is -0.453 e. The van der Waals surface area contributed by atoms with Crippen LogP contribution in [0.25, 0.3) is 44.5 Å². The van der Waals surface area contributed by atoms with E-state index in [0.717, 1.165) is 49.6 Å². The zero-order chi connectivity index (χ0) is 49.3. The summed E-state index contributed by atoms with van der Waals surface area (Å²) in [4.78, 5) is 82.0. The molecule has 69 heavy (non-hydrogen) atoms. The molecule has 5 aliphatic rings. The number of H-pyrrole nitrogens is 2. The van der Waals surface area contributed by atoms with Gasteiger partial charge in [-0.25, -0.2) is 19.6 Å². The summed E-state index contributed by atoms with van der Waals surface area (Å²) >= 11 is 0. The first kappa shape index (κ1) is 47.4. The predicted molar refractivity (Wildman–Crippen MR) is 254 cm³/mol. The molecule has 10 rings (SSSR count). The molecule has 1 spiro atoms. The van der Waals surface area contributed by atoms with Gasteiger partial charge in [0, 0.05) is 29.3 Å². The van der Waals surface area contributed by atoms with E-state index in [-0.39, 0.29) is 70.0 Å². The highest BCUT2D eigenvalue weighted by Crippen LogP contribution is 2.59. The van der Waals surface area contributed by atoms with Crippen LogP contribution < -0.4 is 10.6 Å². The van der Waals surface area contributed by atoms with E-state index in [1.54, 1.807) is 29.3 Å². The number of imidazole rings is 2. The van der Waals surface area contributed by atoms with E-state index in [9.17, 15) is 24.0 Å². The highest BCUT2D eigenvalue weighted by atomic mass is 19.3. The molecule has 2 aliphatic heterocycles. The Labute approximate surface area is 399 Å². The number of Topliss-reactive ketones (excluding diaryl/α,β-unsaturated/α-hetero) is 1. The molecule has 2 aromatic heterocycles. The number of benzene rings is 3. The summed E-state index contributed by atoms with van der Waals surface area (Å²) in [7, 11) is 2.54. The third-order valence-corrected chi connectivity index (χ3v) is 14.7. The van der Waals surface area contributed by atoms with Crippen LogP contribution in [-0.4, -0.2) is 98.4 Å². The van der Waals surface area contributed by atoms with Crippen LogP contribution in [0.3, 0.4) is 0 Å². The standard InChI is InChI=1S/C49H54F2N8O6.C3H6O/c1-24(2)39(56-46(62)64-5)44(60)58-23-48(15-16-48)21-38(58)42-52-22-37(55-42)28-9-13-32-31-12-8-26(18-33(31)49(50,51)34(32)19-28)27-10-14-35-36(20-27)54-43(53-35)41-29-7-11-30(17-29)59(41)45(61)40(25(3)4)57-47(63)65-6;1-3(2)4/h8-10,12-14,18-20,22,24-25,29-30,38-41H,7,11,15-17,21,23H2,1-6H3,(H,52,55)(H,53,54)(H,56,62)(H,57,63);1-2H3/t29-,30-,38+,39+,40+,41+;/m1./s1. The second-order valence-corrected chi connectivity index (χ2v) is 20.4. The van der Waals surface area contributed by atoms with Crippen LogP contribution in [0.1, 0.15) is 115 Å². The maximum Gasteiger partial charge on any atom is 0.407 e. The van der Waals surface area contributed by atoms with Gasteiger partial charge in [-0.05, 0) is 122 Å². The Kier molecular flexibility index (Phi) is 12.4. The smallest absolute Gasteiger partial charge is 0.407 e. The van der Waals surface area contributed by atoms with Crippen molar-refractivity contribution in [3.8, 4) is 33.5 Å². The minimum atomic E-state index is -3.29. The molecule has 4 heterocycles. The predicted octanol–water partition coefficient (Wildman–Crippen LogP) is 9.20. The molecule has 6 atom stereocenters. The number of nitrogens with zero attached hydrogens (tertiary/aromatic N) is 4. The molecule has 2 bridgehead atoms. The van der Waals surface area contributed by atoms with Gasteiger partial charge < -0.3 is 44.7 Å². The van der Waals surface area contributed by atoms with Gasteiger partial charge in [0.05, 0.1) is 49.2 Å². The Morgan fingerprint density at radius 3 is 1.96 bits per heavy atom. The summed E-state index contributed by atoms with van der Waals surface area (Å²) in [6.07, 6.45) is 5.75. The Balaban J connectivity index is 0.00000143. The minimum absolute atomic E-state index is 0.0102. The molecule has 3 aromatic carbocycles. The van der Waals surface area contributed by atoms with Crippen molar-refractivity contribution in [2.24, 2.45) is 23.2 Å². The third-order valence-electron chi connectivity index (χ3n) is 14.7. The summed E-state index contributed by atoms with van der Waals surface area (Å²) in [5, 5.41) is 5.43. The number of halogens is 2. The van der Waals surface area contributed by atoms with E-state index in [4.69, 9.17) is 19.4 Å². The van der Waals surface area contributed by atoms with E-state index >= 15 is 8.78 Å². The molecule has 0 unspecified atom stereocenters. The van der Waals surface area contributed by atoms with Crippen LogP contribution in [0.15, 0.2) is 60.8 Å². The molecular formula is C52H60F2N8O7. The van der Waals surface area contributed by atoms with E-state index in [2.05, 4.69) is 20.6 Å². The lowest BCUT2D eigenvalue weighted by Gasteiger charge is -2.37. The maximum atomic E-state index is 16.7. The zero-order valence-electron chi connectivity index (χ0n) is 40.2. The van der Waals surface area contributed by atoms with Gasteiger partial charge in [0.15, 0.2) is 0 Å². The fourth-order valence-electron chi connectivity index (χ4n) is 11.0. The lowest BCUT2D eigenvalue weighted by atomic mass is 9.95. The van der Waals surface area contributed by atoms with E-state index in [1.807, 2.05) is 62.9 Å². The van der Waals surface area contributed by atoms with E-state index < -0.39 is 30.2 Å². The van der Waals surface area contributed by atoms with Crippen LogP contribution in [0.4, 0.5) is 18.4 Å². The van der Waals surface area contributed by atoms with Gasteiger partial charge in [0.2, 0.25) is 11.8 Å². The van der Waals surface area contributed by atoms with Crippen molar-refractivity contribution in [2.45, 2.75) is 116 Å². The summed E-state index contributed by atoms with van der Waals surface area (Å²) in [5.74, 6) is -2.36. The zero-order valence-corrected chi connectivity index (χ0v) is 40.2. The molecule has 17 heteroatoms. The van der Waals surface area contributed by atoms with Crippen molar-refractivity contribution in [3.05, 3.63) is 83.6 Å². The normalized spacial score (nSPS) is 22.0. The summed E-state index contributed by atoms with van der Waals surface area (Å²) in [6.45, 7) is 11.1. The molecule has 0 radical (unpaired) electrons. The summed E-state index contributed by atoms with van der Waals surface area (Å²) in [6, 6.07) is 13.8. The first-order valence-corrected chi connectivity index (χ1v) is 23.8. The summed E-state index contributed by atoms with van der Waals surface area (Å²) < 4.78 is 43.0. The second kappa shape index (κ2) is 18.0. The highest BCUT2D eigenvalue weighted by molar-refractivity contribution is 5.89. The second-order valence-electron chi connectivity index (χ2n) is 20.4. The number of likely N-dealkylation sites (tertiary alicyclic amines) is 2. The van der Waals surface area contributed by atoms with Gasteiger partial charge in [-0.3, -0.25) is 9.59 Å². The number of nitrogens with one attached hydrogen (secondary N) is 4. The molecule has 4 N–H and O–H groups in total. The van der Waals surface area contributed by atoms with Crippen LogP contribution in [0.5, 0.6) is 0 Å². The molecule has 2 saturated heterocycles. The monoisotopic (exact) mass is 946 g/mol. The average molecular weight is 947 g/mol. The topological polar surface area (TPSA) is 192 Å². The van der Waals surface area contributed by atoms with Crippen molar-refractivity contribution in [1.82, 2.24) is 40.4 Å². The third kappa shape index (κ3) is 8.73. The molecule has 2 saturated carbocycles. The number of piperidine rings is 1. The lowest BCUT2D eigenvalue weighted by molar-refractivity contribution is -0.139. The Bertz CT molecular complexity index is 2850. The molecule has 364 valence electrons. The summed E-state index contributed by atoms with van der Waals surface area (Å²) in [5.41, 5.74) is 4.68. The number of ketones is 1. The van der Waals surface area contributed by atoms with Crippen LogP contribution in [0, 0.1) is 23.2 Å². The first-order chi connectivity index (χ1) is 32.8. The Hall–Kier alpha value is -6.65. The molecule has 4 fully saturated rings. The molecule has 15 nitrogen and oxygen atoms in total. The number of ether oxygens (including phenoxy) is 2. The number of rotatable bonds is 10. The number of carbonyl (C=O) groups excluding carboxylic acids is 5. The number of hydrogen-bond donors (Lipinski definition) is 4. The van der Waals surface area contributed by atoms with Gasteiger partial charge in [0.1, 0.15) is 29.5 Å².